The Morgan fingerprint density at radius 1 is 1.45 bits per heavy atom. The van der Waals surface area contributed by atoms with Crippen molar-refractivity contribution in [3.05, 3.63) is 42.5 Å². The summed E-state index contributed by atoms with van der Waals surface area (Å²) in [5.74, 6) is 0.782. The number of amides is 1. The molecule has 1 unspecified atom stereocenters. The maximum absolute atomic E-state index is 12.0. The number of carbonyl (C=O) groups is 1. The maximum Gasteiger partial charge on any atom is 0.239 e. The van der Waals surface area contributed by atoms with Crippen molar-refractivity contribution in [2.24, 2.45) is 5.73 Å². The minimum atomic E-state index is -0.403. The molecule has 1 amide bonds. The van der Waals surface area contributed by atoms with Crippen molar-refractivity contribution in [2.45, 2.75) is 32.4 Å². The summed E-state index contributed by atoms with van der Waals surface area (Å²) in [6, 6.07) is 7.29. The van der Waals surface area contributed by atoms with Crippen LogP contribution in [0.3, 0.4) is 0 Å². The molecule has 1 aromatic carbocycles. The molecular formula is C16H24N2O2. The average Bonchev–Trinajstić information content (AvgIpc) is 2.46. The lowest BCUT2D eigenvalue weighted by Crippen LogP contribution is -2.41. The molecule has 0 fully saturated rings. The van der Waals surface area contributed by atoms with Gasteiger partial charge in [0.2, 0.25) is 5.91 Å². The number of benzene rings is 1. The first-order chi connectivity index (χ1) is 9.58. The Kier molecular flexibility index (Phi) is 6.81. The molecule has 4 nitrogen and oxygen atoms in total. The summed E-state index contributed by atoms with van der Waals surface area (Å²) in [6.45, 7) is 6.67. The molecule has 0 spiro atoms. The van der Waals surface area contributed by atoms with Gasteiger partial charge in [0.1, 0.15) is 12.4 Å². The van der Waals surface area contributed by atoms with Gasteiger partial charge in [0, 0.05) is 13.6 Å². The molecule has 1 aromatic rings. The van der Waals surface area contributed by atoms with Crippen molar-refractivity contribution in [3.63, 3.8) is 0 Å². The molecule has 0 saturated carbocycles. The molecule has 20 heavy (non-hydrogen) atoms. The van der Waals surface area contributed by atoms with Crippen LogP contribution in [0.5, 0.6) is 5.75 Å². The van der Waals surface area contributed by atoms with Crippen LogP contribution in [0.2, 0.25) is 0 Å². The number of nitrogens with zero attached hydrogens (tertiary/aromatic N) is 1. The van der Waals surface area contributed by atoms with Crippen LogP contribution in [0.4, 0.5) is 0 Å². The lowest BCUT2D eigenvalue weighted by molar-refractivity contribution is -0.131. The van der Waals surface area contributed by atoms with E-state index in [1.807, 2.05) is 31.2 Å². The number of likely N-dealkylation sites (N-methyl/N-ethyl adjacent to an activating group) is 1. The van der Waals surface area contributed by atoms with Gasteiger partial charge in [-0.3, -0.25) is 4.79 Å². The molecule has 0 heterocycles. The Labute approximate surface area is 121 Å². The van der Waals surface area contributed by atoms with Gasteiger partial charge in [0.05, 0.1) is 6.04 Å². The third-order valence-electron chi connectivity index (χ3n) is 3.00. The smallest absolute Gasteiger partial charge is 0.239 e. The molecule has 0 aliphatic heterocycles. The second-order valence-corrected chi connectivity index (χ2v) is 4.83. The first-order valence-corrected chi connectivity index (χ1v) is 6.91. The highest BCUT2D eigenvalue weighted by Crippen LogP contribution is 2.13. The predicted octanol–water partition coefficient (Wildman–Crippen LogP) is 2.34. The molecule has 110 valence electrons. The van der Waals surface area contributed by atoms with E-state index in [9.17, 15) is 4.79 Å². The molecule has 0 bridgehead atoms. The van der Waals surface area contributed by atoms with Crippen molar-refractivity contribution in [3.8, 4) is 5.75 Å². The summed E-state index contributed by atoms with van der Waals surface area (Å²) in [7, 11) is 1.78. The molecule has 4 heteroatoms. The van der Waals surface area contributed by atoms with Gasteiger partial charge in [-0.1, -0.05) is 38.1 Å². The zero-order valence-electron chi connectivity index (χ0n) is 12.3. The average molecular weight is 276 g/mol. The van der Waals surface area contributed by atoms with Crippen LogP contribution in [0.1, 0.15) is 25.3 Å². The Hall–Kier alpha value is -1.81. The van der Waals surface area contributed by atoms with Crippen LogP contribution in [0, 0.1) is 0 Å². The highest BCUT2D eigenvalue weighted by atomic mass is 16.5. The van der Waals surface area contributed by atoms with Gasteiger partial charge in [-0.05, 0) is 24.1 Å². The van der Waals surface area contributed by atoms with Crippen molar-refractivity contribution in [1.82, 2.24) is 4.90 Å². The van der Waals surface area contributed by atoms with Gasteiger partial charge in [0.15, 0.2) is 0 Å². The van der Waals surface area contributed by atoms with Crippen molar-refractivity contribution in [2.75, 3.05) is 13.7 Å². The molecule has 0 aromatic heterocycles. The Morgan fingerprint density at radius 2 is 2.10 bits per heavy atom. The van der Waals surface area contributed by atoms with E-state index in [-0.39, 0.29) is 5.91 Å². The molecule has 0 aliphatic rings. The number of carbonyl (C=O) groups excluding carboxylic acids is 1. The van der Waals surface area contributed by atoms with Crippen molar-refractivity contribution in [1.29, 1.82) is 0 Å². The standard InChI is InChI=1S/C16H24N2O2/c1-4-6-15(17)16(19)18(3)12-13-7-9-14(10-8-13)20-11-5-2/h5,7-10,15H,2,4,6,11-12,17H2,1,3H3. The van der Waals surface area contributed by atoms with E-state index in [2.05, 4.69) is 6.58 Å². The first-order valence-electron chi connectivity index (χ1n) is 6.91. The lowest BCUT2D eigenvalue weighted by atomic mass is 10.1. The van der Waals surface area contributed by atoms with E-state index in [0.717, 1.165) is 24.2 Å². The van der Waals surface area contributed by atoms with Gasteiger partial charge < -0.3 is 15.4 Å². The van der Waals surface area contributed by atoms with Crippen LogP contribution < -0.4 is 10.5 Å². The topological polar surface area (TPSA) is 55.6 Å². The number of hydrogen-bond acceptors (Lipinski definition) is 3. The molecule has 2 N–H and O–H groups in total. The van der Waals surface area contributed by atoms with Crippen LogP contribution in [-0.4, -0.2) is 30.5 Å². The maximum atomic E-state index is 12.0. The van der Waals surface area contributed by atoms with E-state index in [1.54, 1.807) is 18.0 Å². The Morgan fingerprint density at radius 3 is 2.65 bits per heavy atom. The van der Waals surface area contributed by atoms with Crippen molar-refractivity contribution < 1.29 is 9.53 Å². The van der Waals surface area contributed by atoms with Crippen LogP contribution in [0.25, 0.3) is 0 Å². The van der Waals surface area contributed by atoms with Gasteiger partial charge >= 0.3 is 0 Å². The van der Waals surface area contributed by atoms with E-state index >= 15 is 0 Å². The summed E-state index contributed by atoms with van der Waals surface area (Å²) >= 11 is 0. The monoisotopic (exact) mass is 276 g/mol. The second kappa shape index (κ2) is 8.38. The number of hydrogen-bond donors (Lipinski definition) is 1. The van der Waals surface area contributed by atoms with Crippen LogP contribution in [0.15, 0.2) is 36.9 Å². The fourth-order valence-electron chi connectivity index (χ4n) is 1.92. The largest absolute Gasteiger partial charge is 0.490 e. The van der Waals surface area contributed by atoms with E-state index in [0.29, 0.717) is 13.2 Å². The number of rotatable bonds is 8. The highest BCUT2D eigenvalue weighted by molar-refractivity contribution is 5.81. The van der Waals surface area contributed by atoms with Gasteiger partial charge in [-0.2, -0.15) is 0 Å². The molecule has 0 aliphatic carbocycles. The normalized spacial score (nSPS) is 11.8. The van der Waals surface area contributed by atoms with Gasteiger partial charge in [-0.25, -0.2) is 0 Å². The fraction of sp³-hybridized carbons (Fsp3) is 0.438. The van der Waals surface area contributed by atoms with Crippen LogP contribution >= 0.6 is 0 Å². The first kappa shape index (κ1) is 16.2. The van der Waals surface area contributed by atoms with E-state index in [4.69, 9.17) is 10.5 Å². The second-order valence-electron chi connectivity index (χ2n) is 4.83. The number of ether oxygens (including phenoxy) is 1. The summed E-state index contributed by atoms with van der Waals surface area (Å²) in [5, 5.41) is 0. The van der Waals surface area contributed by atoms with Gasteiger partial charge in [-0.15, -0.1) is 0 Å². The molecule has 1 atom stereocenters. The third-order valence-corrected chi connectivity index (χ3v) is 3.00. The minimum absolute atomic E-state index is 0.0150. The molecular weight excluding hydrogens is 252 g/mol. The summed E-state index contributed by atoms with van der Waals surface area (Å²) in [6.07, 6.45) is 3.34. The quantitative estimate of drug-likeness (QED) is 0.741. The zero-order valence-corrected chi connectivity index (χ0v) is 12.3. The third kappa shape index (κ3) is 5.05. The molecule has 0 radical (unpaired) electrons. The summed E-state index contributed by atoms with van der Waals surface area (Å²) in [4.78, 5) is 13.7. The predicted molar refractivity (Wildman–Crippen MR) is 81.5 cm³/mol. The fourth-order valence-corrected chi connectivity index (χ4v) is 1.92. The van der Waals surface area contributed by atoms with Crippen LogP contribution in [-0.2, 0) is 11.3 Å². The lowest BCUT2D eigenvalue weighted by Gasteiger charge is -2.21. The summed E-state index contributed by atoms with van der Waals surface area (Å²) in [5.41, 5.74) is 6.89. The Bertz CT molecular complexity index is 429. The number of nitrogens with two attached hydrogens (primary N) is 1. The van der Waals surface area contributed by atoms with E-state index < -0.39 is 6.04 Å². The highest BCUT2D eigenvalue weighted by Gasteiger charge is 2.16. The van der Waals surface area contributed by atoms with Crippen molar-refractivity contribution >= 4 is 5.91 Å². The zero-order chi connectivity index (χ0) is 15.0. The van der Waals surface area contributed by atoms with Gasteiger partial charge in [0.25, 0.3) is 0 Å². The minimum Gasteiger partial charge on any atom is -0.490 e. The Balaban J connectivity index is 2.55. The summed E-state index contributed by atoms with van der Waals surface area (Å²) < 4.78 is 5.41. The van der Waals surface area contributed by atoms with E-state index in [1.165, 1.54) is 0 Å². The molecule has 1 rings (SSSR count). The SMILES string of the molecule is C=CCOc1ccc(CN(C)C(=O)C(N)CCC)cc1. The molecule has 0 saturated heterocycles.